The molecule has 0 aliphatic heterocycles. The van der Waals surface area contributed by atoms with Crippen LogP contribution in [0.15, 0.2) is 18.2 Å². The van der Waals surface area contributed by atoms with Gasteiger partial charge in [-0.2, -0.15) is 5.10 Å². The van der Waals surface area contributed by atoms with Gasteiger partial charge in [0.05, 0.1) is 14.2 Å². The van der Waals surface area contributed by atoms with Gasteiger partial charge in [-0.25, -0.2) is 4.98 Å². The molecule has 3 N–H and O–H groups in total. The van der Waals surface area contributed by atoms with Crippen LogP contribution in [0, 0.1) is 0 Å². The van der Waals surface area contributed by atoms with Crippen LogP contribution in [0.1, 0.15) is 12.2 Å². The normalized spacial score (nSPS) is 10.5. The minimum atomic E-state index is 0.645. The zero-order chi connectivity index (χ0) is 13.7. The van der Waals surface area contributed by atoms with Gasteiger partial charge in [0.2, 0.25) is 0 Å². The van der Waals surface area contributed by atoms with Gasteiger partial charge in [0.1, 0.15) is 5.82 Å². The lowest BCUT2D eigenvalue weighted by atomic mass is 10.2. The van der Waals surface area contributed by atoms with Crippen molar-refractivity contribution < 1.29 is 9.47 Å². The Morgan fingerprint density at radius 1 is 1.21 bits per heavy atom. The van der Waals surface area contributed by atoms with Gasteiger partial charge in [-0.1, -0.05) is 0 Å². The number of aromatic amines is 1. The summed E-state index contributed by atoms with van der Waals surface area (Å²) < 4.78 is 10.5. The van der Waals surface area contributed by atoms with Crippen molar-refractivity contribution in [3.8, 4) is 22.9 Å². The zero-order valence-electron chi connectivity index (χ0n) is 11.1. The molecule has 0 saturated carbocycles. The van der Waals surface area contributed by atoms with Crippen LogP contribution in [0.2, 0.25) is 0 Å². The number of aryl methyl sites for hydroxylation is 1. The van der Waals surface area contributed by atoms with Gasteiger partial charge in [0.25, 0.3) is 0 Å². The van der Waals surface area contributed by atoms with Crippen molar-refractivity contribution in [2.24, 2.45) is 5.73 Å². The number of nitrogens with zero attached hydrogens (tertiary/aromatic N) is 2. The molecule has 0 bridgehead atoms. The van der Waals surface area contributed by atoms with Crippen LogP contribution in [0.5, 0.6) is 11.5 Å². The standard InChI is InChI=1S/C13H18N4O2/c1-18-10-6-5-9(8-11(10)19-2)13-15-12(16-17-13)4-3-7-14/h5-6,8H,3-4,7,14H2,1-2H3,(H,15,16,17). The average molecular weight is 262 g/mol. The van der Waals surface area contributed by atoms with Crippen LogP contribution in [0.3, 0.4) is 0 Å². The van der Waals surface area contributed by atoms with Crippen molar-refractivity contribution in [3.63, 3.8) is 0 Å². The summed E-state index contributed by atoms with van der Waals surface area (Å²) in [4.78, 5) is 4.43. The van der Waals surface area contributed by atoms with Crippen LogP contribution < -0.4 is 15.2 Å². The van der Waals surface area contributed by atoms with Gasteiger partial charge in [-0.15, -0.1) is 0 Å². The number of nitrogens with two attached hydrogens (primary N) is 1. The quantitative estimate of drug-likeness (QED) is 0.821. The Morgan fingerprint density at radius 3 is 2.68 bits per heavy atom. The number of methoxy groups -OCH3 is 2. The first kappa shape index (κ1) is 13.4. The minimum Gasteiger partial charge on any atom is -0.493 e. The van der Waals surface area contributed by atoms with Crippen molar-refractivity contribution in [1.29, 1.82) is 0 Å². The first-order chi connectivity index (χ1) is 9.28. The Morgan fingerprint density at radius 2 is 2.00 bits per heavy atom. The van der Waals surface area contributed by atoms with Crippen molar-refractivity contribution in [2.75, 3.05) is 20.8 Å². The minimum absolute atomic E-state index is 0.645. The topological polar surface area (TPSA) is 86.0 Å². The van der Waals surface area contributed by atoms with Gasteiger partial charge in [0.15, 0.2) is 17.3 Å². The number of aromatic nitrogens is 3. The monoisotopic (exact) mass is 262 g/mol. The second-order valence-corrected chi connectivity index (χ2v) is 4.07. The molecule has 0 unspecified atom stereocenters. The summed E-state index contributed by atoms with van der Waals surface area (Å²) in [7, 11) is 3.21. The van der Waals surface area contributed by atoms with E-state index in [4.69, 9.17) is 15.2 Å². The van der Waals surface area contributed by atoms with Crippen LogP contribution >= 0.6 is 0 Å². The second-order valence-electron chi connectivity index (χ2n) is 4.07. The van der Waals surface area contributed by atoms with E-state index in [0.717, 1.165) is 24.2 Å². The molecule has 1 aromatic carbocycles. The molecule has 0 amide bonds. The first-order valence-corrected chi connectivity index (χ1v) is 6.12. The maximum atomic E-state index is 5.47. The largest absolute Gasteiger partial charge is 0.493 e. The Hall–Kier alpha value is -2.08. The zero-order valence-corrected chi connectivity index (χ0v) is 11.1. The summed E-state index contributed by atoms with van der Waals surface area (Å²) in [5.74, 6) is 2.83. The van der Waals surface area contributed by atoms with E-state index in [9.17, 15) is 0 Å². The van der Waals surface area contributed by atoms with E-state index in [1.807, 2.05) is 18.2 Å². The summed E-state index contributed by atoms with van der Waals surface area (Å²) in [6.45, 7) is 0.645. The molecule has 1 aromatic heterocycles. The maximum absolute atomic E-state index is 5.47. The third kappa shape index (κ3) is 3.03. The molecule has 0 fully saturated rings. The highest BCUT2D eigenvalue weighted by Crippen LogP contribution is 2.30. The molecule has 2 aromatic rings. The molecule has 0 spiro atoms. The molecule has 6 heteroatoms. The lowest BCUT2D eigenvalue weighted by molar-refractivity contribution is 0.355. The number of rotatable bonds is 6. The van der Waals surface area contributed by atoms with Gasteiger partial charge >= 0.3 is 0 Å². The summed E-state index contributed by atoms with van der Waals surface area (Å²) in [5, 5.41) is 7.11. The number of ether oxygens (including phenoxy) is 2. The molecule has 0 aliphatic rings. The molecule has 19 heavy (non-hydrogen) atoms. The number of H-pyrrole nitrogens is 1. The number of benzene rings is 1. The van der Waals surface area contributed by atoms with E-state index in [0.29, 0.717) is 23.9 Å². The van der Waals surface area contributed by atoms with E-state index < -0.39 is 0 Å². The lowest BCUT2D eigenvalue weighted by Crippen LogP contribution is -2.01. The molecule has 2 rings (SSSR count). The molecule has 0 atom stereocenters. The molecule has 0 saturated heterocycles. The highest BCUT2D eigenvalue weighted by atomic mass is 16.5. The van der Waals surface area contributed by atoms with Crippen molar-refractivity contribution in [1.82, 2.24) is 15.2 Å². The third-order valence-electron chi connectivity index (χ3n) is 2.79. The fourth-order valence-corrected chi connectivity index (χ4v) is 1.78. The predicted molar refractivity (Wildman–Crippen MR) is 72.3 cm³/mol. The van der Waals surface area contributed by atoms with Crippen molar-refractivity contribution in [3.05, 3.63) is 24.0 Å². The van der Waals surface area contributed by atoms with Crippen LogP contribution in [-0.4, -0.2) is 35.9 Å². The molecule has 1 heterocycles. The Kier molecular flexibility index (Phi) is 4.35. The molecular formula is C13H18N4O2. The Balaban J connectivity index is 2.23. The van der Waals surface area contributed by atoms with Gasteiger partial charge in [-0.3, -0.25) is 5.10 Å². The van der Waals surface area contributed by atoms with Crippen LogP contribution in [0.4, 0.5) is 0 Å². The van der Waals surface area contributed by atoms with Gasteiger partial charge in [0, 0.05) is 12.0 Å². The molecule has 0 aliphatic carbocycles. The summed E-state index contributed by atoms with van der Waals surface area (Å²) in [6, 6.07) is 5.59. The smallest absolute Gasteiger partial charge is 0.181 e. The van der Waals surface area contributed by atoms with E-state index in [-0.39, 0.29) is 0 Å². The molecule has 102 valence electrons. The average Bonchev–Trinajstić information content (AvgIpc) is 2.93. The van der Waals surface area contributed by atoms with Crippen LogP contribution in [-0.2, 0) is 6.42 Å². The maximum Gasteiger partial charge on any atom is 0.181 e. The van der Waals surface area contributed by atoms with E-state index in [1.54, 1.807) is 14.2 Å². The number of hydrogen-bond donors (Lipinski definition) is 2. The molecule has 0 radical (unpaired) electrons. The Labute approximate surface area is 111 Å². The van der Waals surface area contributed by atoms with Crippen molar-refractivity contribution in [2.45, 2.75) is 12.8 Å². The van der Waals surface area contributed by atoms with Crippen LogP contribution in [0.25, 0.3) is 11.4 Å². The fraction of sp³-hybridized carbons (Fsp3) is 0.385. The predicted octanol–water partition coefficient (Wildman–Crippen LogP) is 1.38. The highest BCUT2D eigenvalue weighted by molar-refractivity contribution is 5.60. The first-order valence-electron chi connectivity index (χ1n) is 6.12. The van der Waals surface area contributed by atoms with E-state index in [2.05, 4.69) is 15.2 Å². The third-order valence-corrected chi connectivity index (χ3v) is 2.79. The van der Waals surface area contributed by atoms with Gasteiger partial charge < -0.3 is 15.2 Å². The Bertz CT molecular complexity index is 539. The summed E-state index contributed by atoms with van der Waals surface area (Å²) >= 11 is 0. The second kappa shape index (κ2) is 6.19. The summed E-state index contributed by atoms with van der Waals surface area (Å²) in [5.41, 5.74) is 6.35. The van der Waals surface area contributed by atoms with Crippen molar-refractivity contribution >= 4 is 0 Å². The van der Waals surface area contributed by atoms with E-state index >= 15 is 0 Å². The number of nitrogens with one attached hydrogen (secondary N) is 1. The lowest BCUT2D eigenvalue weighted by Gasteiger charge is -2.07. The highest BCUT2D eigenvalue weighted by Gasteiger charge is 2.10. The SMILES string of the molecule is COc1ccc(-c2n[nH]c(CCCN)n2)cc1OC. The van der Waals surface area contributed by atoms with E-state index in [1.165, 1.54) is 0 Å². The number of hydrogen-bond acceptors (Lipinski definition) is 5. The fourth-order valence-electron chi connectivity index (χ4n) is 1.78. The molecular weight excluding hydrogens is 244 g/mol. The molecule has 6 nitrogen and oxygen atoms in total. The summed E-state index contributed by atoms with van der Waals surface area (Å²) in [6.07, 6.45) is 1.69. The van der Waals surface area contributed by atoms with Gasteiger partial charge in [-0.05, 0) is 31.2 Å².